The molecule has 7 nitrogen and oxygen atoms in total. The molecule has 0 aliphatic carbocycles. The van der Waals surface area contributed by atoms with Crippen LogP contribution in [0.2, 0.25) is 0 Å². The van der Waals surface area contributed by atoms with Gasteiger partial charge in [0.15, 0.2) is 0 Å². The lowest BCUT2D eigenvalue weighted by atomic mass is 10.1. The Balaban J connectivity index is 1.60. The molecular weight excluding hydrogens is 433 g/mol. The van der Waals surface area contributed by atoms with Crippen molar-refractivity contribution < 1.29 is 22.0 Å². The third kappa shape index (κ3) is 5.01. The highest BCUT2D eigenvalue weighted by molar-refractivity contribution is 7.91. The third-order valence-electron chi connectivity index (χ3n) is 5.39. The van der Waals surface area contributed by atoms with E-state index in [1.807, 2.05) is 31.2 Å². The molecule has 0 bridgehead atoms. The lowest BCUT2D eigenvalue weighted by Gasteiger charge is -2.26. The van der Waals surface area contributed by atoms with Crippen molar-refractivity contribution in [1.82, 2.24) is 9.88 Å². The van der Waals surface area contributed by atoms with E-state index in [0.717, 1.165) is 57.0 Å². The number of ether oxygens (including phenoxy) is 1. The largest absolute Gasteiger partial charge is 0.419 e. The number of nitrogens with zero attached hydrogens (tertiary/aromatic N) is 2. The second-order valence-corrected chi connectivity index (χ2v) is 9.52. The molecule has 4 rings (SSSR count). The predicted octanol–water partition coefficient (Wildman–Crippen LogP) is 3.76. The normalized spacial score (nSPS) is 15.1. The number of hydrogen-bond acceptors (Lipinski definition) is 7. The molecule has 2 aromatic carbocycles. The molecule has 170 valence electrons. The summed E-state index contributed by atoms with van der Waals surface area (Å²) in [4.78, 5) is 6.61. The maximum Gasteiger partial charge on any atom is 0.233 e. The minimum atomic E-state index is -4.00. The summed E-state index contributed by atoms with van der Waals surface area (Å²) in [5.41, 5.74) is 1.63. The smallest absolute Gasteiger partial charge is 0.233 e. The first-order valence-corrected chi connectivity index (χ1v) is 12.0. The number of sulfone groups is 1. The van der Waals surface area contributed by atoms with E-state index < -0.39 is 15.7 Å². The van der Waals surface area contributed by atoms with E-state index in [-0.39, 0.29) is 21.7 Å². The molecule has 9 heteroatoms. The zero-order chi connectivity index (χ0) is 22.6. The monoisotopic (exact) mass is 459 g/mol. The van der Waals surface area contributed by atoms with Gasteiger partial charge in [0.1, 0.15) is 5.82 Å². The Labute approximate surface area is 187 Å². The molecule has 0 spiro atoms. The van der Waals surface area contributed by atoms with Crippen LogP contribution >= 0.6 is 0 Å². The van der Waals surface area contributed by atoms with Gasteiger partial charge >= 0.3 is 0 Å². The number of anilines is 1. The number of oxazole rings is 1. The zero-order valence-electron chi connectivity index (χ0n) is 17.9. The molecule has 3 aromatic rings. The Kier molecular flexibility index (Phi) is 6.88. The maximum absolute atomic E-state index is 13.3. The van der Waals surface area contributed by atoms with Gasteiger partial charge in [-0.1, -0.05) is 18.2 Å². The fourth-order valence-electron chi connectivity index (χ4n) is 3.58. The Hall–Kier alpha value is -2.75. The number of aromatic nitrogens is 1. The van der Waals surface area contributed by atoms with Crippen LogP contribution < -0.4 is 5.32 Å². The quantitative estimate of drug-likeness (QED) is 0.406. The van der Waals surface area contributed by atoms with Crippen molar-refractivity contribution in [3.05, 3.63) is 59.9 Å². The Morgan fingerprint density at radius 1 is 1.09 bits per heavy atom. The predicted molar refractivity (Wildman–Crippen MR) is 119 cm³/mol. The zero-order valence-corrected chi connectivity index (χ0v) is 18.7. The van der Waals surface area contributed by atoms with Gasteiger partial charge in [-0.15, -0.1) is 0 Å². The van der Waals surface area contributed by atoms with Crippen molar-refractivity contribution in [3.63, 3.8) is 0 Å². The van der Waals surface area contributed by atoms with Gasteiger partial charge in [-0.25, -0.2) is 12.8 Å². The van der Waals surface area contributed by atoms with Crippen LogP contribution in [0.4, 0.5) is 10.3 Å². The van der Waals surface area contributed by atoms with E-state index in [4.69, 9.17) is 9.15 Å². The van der Waals surface area contributed by atoms with Crippen molar-refractivity contribution in [2.24, 2.45) is 0 Å². The van der Waals surface area contributed by atoms with Crippen LogP contribution in [0.3, 0.4) is 0 Å². The van der Waals surface area contributed by atoms with E-state index in [9.17, 15) is 12.8 Å². The number of aryl methyl sites for hydroxylation is 1. The van der Waals surface area contributed by atoms with Gasteiger partial charge in [0.05, 0.1) is 18.1 Å². The van der Waals surface area contributed by atoms with E-state index in [0.29, 0.717) is 12.1 Å². The standard InChI is InChI=1S/C23H26FN3O4S/c1-17-5-2-3-6-20(17)21-26-23(32(28,29)19-9-7-18(24)8-10-19)22(31-21)25-11-4-12-27-13-15-30-16-14-27/h2-3,5-10,25H,4,11-16H2,1H3. The summed E-state index contributed by atoms with van der Waals surface area (Å²) in [6, 6.07) is 12.2. The summed E-state index contributed by atoms with van der Waals surface area (Å²) in [6.45, 7) is 6.54. The van der Waals surface area contributed by atoms with Crippen molar-refractivity contribution in [1.29, 1.82) is 0 Å². The first-order chi connectivity index (χ1) is 15.4. The average molecular weight is 460 g/mol. The molecule has 0 amide bonds. The topological polar surface area (TPSA) is 84.7 Å². The molecule has 0 unspecified atom stereocenters. The molecule has 1 N–H and O–H groups in total. The molecule has 0 radical (unpaired) electrons. The van der Waals surface area contributed by atoms with Crippen molar-refractivity contribution in [2.45, 2.75) is 23.3 Å². The van der Waals surface area contributed by atoms with Gasteiger partial charge in [-0.05, 0) is 55.8 Å². The molecule has 2 heterocycles. The highest BCUT2D eigenvalue weighted by atomic mass is 32.2. The summed E-state index contributed by atoms with van der Waals surface area (Å²) < 4.78 is 51.1. The number of hydrogen-bond donors (Lipinski definition) is 1. The maximum atomic E-state index is 13.3. The van der Waals surface area contributed by atoms with Gasteiger partial charge in [-0.3, -0.25) is 4.90 Å². The van der Waals surface area contributed by atoms with Crippen LogP contribution in [-0.4, -0.2) is 57.7 Å². The fourth-order valence-corrected chi connectivity index (χ4v) is 4.86. The molecule has 1 aliphatic heterocycles. The minimum absolute atomic E-state index is 0.0418. The van der Waals surface area contributed by atoms with Gasteiger partial charge in [-0.2, -0.15) is 4.98 Å². The van der Waals surface area contributed by atoms with Crippen LogP contribution in [0.15, 0.2) is 62.9 Å². The second-order valence-electron chi connectivity index (χ2n) is 7.66. The molecule has 0 atom stereocenters. The highest BCUT2D eigenvalue weighted by Crippen LogP contribution is 2.33. The van der Waals surface area contributed by atoms with Gasteiger partial charge in [0.25, 0.3) is 0 Å². The SMILES string of the molecule is Cc1ccccc1-c1nc(S(=O)(=O)c2ccc(F)cc2)c(NCCCN2CCOCC2)o1. The summed E-state index contributed by atoms with van der Waals surface area (Å²) in [5.74, 6) is -0.194. The Bertz CT molecular complexity index is 1160. The van der Waals surface area contributed by atoms with E-state index >= 15 is 0 Å². The Morgan fingerprint density at radius 2 is 1.81 bits per heavy atom. The minimum Gasteiger partial charge on any atom is -0.419 e. The van der Waals surface area contributed by atoms with E-state index in [2.05, 4.69) is 15.2 Å². The van der Waals surface area contributed by atoms with Crippen molar-refractivity contribution in [2.75, 3.05) is 44.7 Å². The number of morpholine rings is 1. The Morgan fingerprint density at radius 3 is 2.53 bits per heavy atom. The summed E-state index contributed by atoms with van der Waals surface area (Å²) in [6.07, 6.45) is 0.802. The first kappa shape index (κ1) is 22.4. The number of rotatable bonds is 8. The first-order valence-electron chi connectivity index (χ1n) is 10.6. The molecular formula is C23H26FN3O4S. The van der Waals surface area contributed by atoms with E-state index in [1.54, 1.807) is 0 Å². The number of nitrogens with one attached hydrogen (secondary N) is 1. The van der Waals surface area contributed by atoms with E-state index in [1.165, 1.54) is 12.1 Å². The molecule has 1 aliphatic rings. The van der Waals surface area contributed by atoms with Crippen LogP contribution in [0, 0.1) is 12.7 Å². The number of halogens is 1. The lowest BCUT2D eigenvalue weighted by Crippen LogP contribution is -2.37. The average Bonchev–Trinajstić information content (AvgIpc) is 3.23. The molecule has 1 fully saturated rings. The summed E-state index contributed by atoms with van der Waals surface area (Å²) in [7, 11) is -4.00. The van der Waals surface area contributed by atoms with Crippen LogP contribution in [0.1, 0.15) is 12.0 Å². The highest BCUT2D eigenvalue weighted by Gasteiger charge is 2.29. The third-order valence-corrected chi connectivity index (χ3v) is 7.07. The molecule has 32 heavy (non-hydrogen) atoms. The van der Waals surface area contributed by atoms with Crippen LogP contribution in [-0.2, 0) is 14.6 Å². The summed E-state index contributed by atoms with van der Waals surface area (Å²) >= 11 is 0. The molecule has 1 aromatic heterocycles. The lowest BCUT2D eigenvalue weighted by molar-refractivity contribution is 0.0378. The van der Waals surface area contributed by atoms with Gasteiger partial charge in [0.2, 0.25) is 26.6 Å². The van der Waals surface area contributed by atoms with Gasteiger partial charge in [0, 0.05) is 25.2 Å². The number of benzene rings is 2. The van der Waals surface area contributed by atoms with Gasteiger partial charge < -0.3 is 14.5 Å². The molecule has 0 saturated carbocycles. The van der Waals surface area contributed by atoms with Crippen molar-refractivity contribution >= 4 is 15.7 Å². The summed E-state index contributed by atoms with van der Waals surface area (Å²) in [5, 5.41) is 2.91. The van der Waals surface area contributed by atoms with Crippen LogP contribution in [0.5, 0.6) is 0 Å². The second kappa shape index (κ2) is 9.81. The van der Waals surface area contributed by atoms with Crippen LogP contribution in [0.25, 0.3) is 11.5 Å². The van der Waals surface area contributed by atoms with Crippen molar-refractivity contribution in [3.8, 4) is 11.5 Å². The molecule has 1 saturated heterocycles. The fraction of sp³-hybridized carbons (Fsp3) is 0.348.